The number of rotatable bonds is 3. The highest BCUT2D eigenvalue weighted by molar-refractivity contribution is 8.00. The molecule has 2 atom stereocenters. The van der Waals surface area contributed by atoms with Crippen molar-refractivity contribution in [3.8, 4) is 0 Å². The Morgan fingerprint density at radius 3 is 2.71 bits per heavy atom. The second-order valence-electron chi connectivity index (χ2n) is 4.34. The van der Waals surface area contributed by atoms with Crippen LogP contribution in [-0.4, -0.2) is 36.8 Å². The smallest absolute Gasteiger partial charge is 0.0600 e. The first-order chi connectivity index (χ1) is 6.90. The lowest BCUT2D eigenvalue weighted by atomic mass is 10.1. The van der Waals surface area contributed by atoms with E-state index in [1.807, 2.05) is 0 Å². The molecule has 1 heterocycles. The molecule has 0 aromatic carbocycles. The number of ether oxygens (including phenoxy) is 1. The summed E-state index contributed by atoms with van der Waals surface area (Å²) in [6, 6.07) is 0.675. The quantitative estimate of drug-likeness (QED) is 0.778. The molecule has 1 aliphatic heterocycles. The molecule has 2 unspecified atom stereocenters. The van der Waals surface area contributed by atoms with Crippen molar-refractivity contribution in [2.75, 3.05) is 20.3 Å². The van der Waals surface area contributed by atoms with Gasteiger partial charge in [0.25, 0.3) is 0 Å². The average molecular weight is 215 g/mol. The molecule has 2 rings (SSSR count). The summed E-state index contributed by atoms with van der Waals surface area (Å²) in [7, 11) is 2.08. The predicted molar refractivity (Wildman–Crippen MR) is 61.9 cm³/mol. The van der Waals surface area contributed by atoms with E-state index in [0.717, 1.165) is 18.5 Å². The van der Waals surface area contributed by atoms with Gasteiger partial charge in [-0.3, -0.25) is 0 Å². The summed E-state index contributed by atoms with van der Waals surface area (Å²) in [5.41, 5.74) is 0. The lowest BCUT2D eigenvalue weighted by Gasteiger charge is -2.32. The Kier molecular flexibility index (Phi) is 4.14. The summed E-state index contributed by atoms with van der Waals surface area (Å²) in [6.07, 6.45) is 6.92. The van der Waals surface area contributed by atoms with Gasteiger partial charge in [-0.15, -0.1) is 0 Å². The first kappa shape index (κ1) is 10.8. The minimum atomic E-state index is 0.675. The number of nitrogens with one attached hydrogen (secondary N) is 1. The Hall–Kier alpha value is 0.270. The van der Waals surface area contributed by atoms with Gasteiger partial charge in [0, 0.05) is 23.1 Å². The third-order valence-electron chi connectivity index (χ3n) is 3.34. The Morgan fingerprint density at radius 1 is 1.21 bits per heavy atom. The first-order valence-corrected chi connectivity index (χ1v) is 6.75. The van der Waals surface area contributed by atoms with Crippen molar-refractivity contribution < 1.29 is 4.74 Å². The SMILES string of the molecule is CNC1CCOCC1SC1CCCC1. The van der Waals surface area contributed by atoms with Crippen LogP contribution in [0, 0.1) is 0 Å². The monoisotopic (exact) mass is 215 g/mol. The highest BCUT2D eigenvalue weighted by Gasteiger charge is 2.28. The van der Waals surface area contributed by atoms with Crippen LogP contribution in [0.25, 0.3) is 0 Å². The third-order valence-corrected chi connectivity index (χ3v) is 5.01. The zero-order valence-electron chi connectivity index (χ0n) is 9.00. The molecule has 0 amide bonds. The van der Waals surface area contributed by atoms with E-state index in [-0.39, 0.29) is 0 Å². The first-order valence-electron chi connectivity index (χ1n) is 5.80. The normalized spacial score (nSPS) is 34.9. The van der Waals surface area contributed by atoms with E-state index in [9.17, 15) is 0 Å². The molecule has 0 aromatic heterocycles. The van der Waals surface area contributed by atoms with Crippen LogP contribution in [0.15, 0.2) is 0 Å². The molecule has 2 nitrogen and oxygen atoms in total. The number of hydrogen-bond acceptors (Lipinski definition) is 3. The Morgan fingerprint density at radius 2 is 2.00 bits per heavy atom. The second kappa shape index (κ2) is 5.38. The Labute approximate surface area is 91.2 Å². The minimum Gasteiger partial charge on any atom is -0.380 e. The molecular formula is C11H21NOS. The summed E-state index contributed by atoms with van der Waals surface area (Å²) >= 11 is 2.17. The van der Waals surface area contributed by atoms with E-state index < -0.39 is 0 Å². The van der Waals surface area contributed by atoms with Crippen molar-refractivity contribution in [1.82, 2.24) is 5.32 Å². The van der Waals surface area contributed by atoms with Crippen LogP contribution in [0.4, 0.5) is 0 Å². The van der Waals surface area contributed by atoms with Crippen LogP contribution in [0.1, 0.15) is 32.1 Å². The van der Waals surface area contributed by atoms with Crippen LogP contribution in [0.5, 0.6) is 0 Å². The van der Waals surface area contributed by atoms with Gasteiger partial charge in [0.1, 0.15) is 0 Å². The summed E-state index contributed by atoms with van der Waals surface area (Å²) in [5.74, 6) is 0. The van der Waals surface area contributed by atoms with Crippen LogP contribution in [-0.2, 0) is 4.74 Å². The summed E-state index contributed by atoms with van der Waals surface area (Å²) in [5, 5.41) is 5.03. The van der Waals surface area contributed by atoms with Gasteiger partial charge in [-0.2, -0.15) is 11.8 Å². The standard InChI is InChI=1S/C11H21NOS/c1-12-10-6-7-13-8-11(10)14-9-4-2-3-5-9/h9-12H,2-8H2,1H3. The summed E-state index contributed by atoms with van der Waals surface area (Å²) in [4.78, 5) is 0. The fourth-order valence-corrected chi connectivity index (χ4v) is 4.18. The predicted octanol–water partition coefficient (Wildman–Crippen LogP) is 2.04. The largest absolute Gasteiger partial charge is 0.380 e. The van der Waals surface area contributed by atoms with Crippen molar-refractivity contribution in [2.45, 2.75) is 48.6 Å². The zero-order valence-corrected chi connectivity index (χ0v) is 9.81. The molecule has 0 spiro atoms. The van der Waals surface area contributed by atoms with Crippen molar-refractivity contribution >= 4 is 11.8 Å². The van der Waals surface area contributed by atoms with Gasteiger partial charge in [0.05, 0.1) is 6.61 Å². The van der Waals surface area contributed by atoms with Gasteiger partial charge in [-0.25, -0.2) is 0 Å². The summed E-state index contributed by atoms with van der Waals surface area (Å²) < 4.78 is 5.56. The van der Waals surface area contributed by atoms with Crippen LogP contribution >= 0.6 is 11.8 Å². The maximum atomic E-state index is 5.56. The van der Waals surface area contributed by atoms with Crippen molar-refractivity contribution in [3.05, 3.63) is 0 Å². The van der Waals surface area contributed by atoms with Crippen molar-refractivity contribution in [3.63, 3.8) is 0 Å². The number of thioether (sulfide) groups is 1. The molecule has 0 bridgehead atoms. The lowest BCUT2D eigenvalue weighted by Crippen LogP contribution is -2.43. The molecular weight excluding hydrogens is 194 g/mol. The molecule has 1 saturated carbocycles. The molecule has 1 saturated heterocycles. The highest BCUT2D eigenvalue weighted by atomic mass is 32.2. The fourth-order valence-electron chi connectivity index (χ4n) is 2.45. The molecule has 1 aliphatic carbocycles. The van der Waals surface area contributed by atoms with Gasteiger partial charge in [0.2, 0.25) is 0 Å². The van der Waals surface area contributed by atoms with E-state index in [1.165, 1.54) is 32.1 Å². The topological polar surface area (TPSA) is 21.3 Å². The van der Waals surface area contributed by atoms with Crippen LogP contribution < -0.4 is 5.32 Å². The van der Waals surface area contributed by atoms with Gasteiger partial charge >= 0.3 is 0 Å². The lowest BCUT2D eigenvalue weighted by molar-refractivity contribution is 0.0849. The summed E-state index contributed by atoms with van der Waals surface area (Å²) in [6.45, 7) is 1.89. The fraction of sp³-hybridized carbons (Fsp3) is 1.00. The molecule has 82 valence electrons. The van der Waals surface area contributed by atoms with Crippen LogP contribution in [0.3, 0.4) is 0 Å². The third kappa shape index (κ3) is 2.65. The van der Waals surface area contributed by atoms with Gasteiger partial charge in [0.15, 0.2) is 0 Å². The van der Waals surface area contributed by atoms with E-state index in [2.05, 4.69) is 24.1 Å². The molecule has 0 radical (unpaired) electrons. The maximum absolute atomic E-state index is 5.56. The number of hydrogen-bond donors (Lipinski definition) is 1. The maximum Gasteiger partial charge on any atom is 0.0600 e. The molecule has 1 N–H and O–H groups in total. The Bertz CT molecular complexity index is 171. The van der Waals surface area contributed by atoms with E-state index >= 15 is 0 Å². The molecule has 2 aliphatic rings. The average Bonchev–Trinajstić information content (AvgIpc) is 2.71. The molecule has 2 fully saturated rings. The van der Waals surface area contributed by atoms with Gasteiger partial charge in [-0.05, 0) is 26.3 Å². The Balaban J connectivity index is 1.81. The van der Waals surface area contributed by atoms with E-state index in [4.69, 9.17) is 4.74 Å². The van der Waals surface area contributed by atoms with Gasteiger partial charge in [-0.1, -0.05) is 12.8 Å². The zero-order chi connectivity index (χ0) is 9.80. The molecule has 0 aromatic rings. The molecule has 3 heteroatoms. The highest BCUT2D eigenvalue weighted by Crippen LogP contribution is 2.34. The van der Waals surface area contributed by atoms with Crippen molar-refractivity contribution in [1.29, 1.82) is 0 Å². The van der Waals surface area contributed by atoms with Gasteiger partial charge < -0.3 is 10.1 Å². The van der Waals surface area contributed by atoms with E-state index in [1.54, 1.807) is 0 Å². The van der Waals surface area contributed by atoms with Crippen LogP contribution in [0.2, 0.25) is 0 Å². The van der Waals surface area contributed by atoms with E-state index in [0.29, 0.717) is 11.3 Å². The minimum absolute atomic E-state index is 0.675. The second-order valence-corrected chi connectivity index (χ2v) is 5.88. The van der Waals surface area contributed by atoms with Crippen molar-refractivity contribution in [2.24, 2.45) is 0 Å². The molecule has 14 heavy (non-hydrogen) atoms.